The summed E-state index contributed by atoms with van der Waals surface area (Å²) in [6.45, 7) is 1.61. The third-order valence-corrected chi connectivity index (χ3v) is 4.50. The van der Waals surface area contributed by atoms with E-state index in [1.54, 1.807) is 36.4 Å². The second-order valence-electron chi connectivity index (χ2n) is 6.25. The molecular weight excluding hydrogens is 384 g/mol. The zero-order valence-electron chi connectivity index (χ0n) is 15.0. The number of carbonyl (C=O) groups is 4. The number of ketones is 1. The number of nitrogens with zero attached hydrogens (tertiary/aromatic N) is 1. The molecule has 3 rings (SSSR count). The molecule has 0 radical (unpaired) electrons. The average molecular weight is 401 g/mol. The highest BCUT2D eigenvalue weighted by Gasteiger charge is 2.28. The zero-order valence-corrected chi connectivity index (χ0v) is 15.7. The highest BCUT2D eigenvalue weighted by atomic mass is 35.5. The molecule has 7 nitrogen and oxygen atoms in total. The standard InChI is InChI=1S/C20H17ClN2O5/c1-12(18(25)14-6-8-16(21)9-7-14)28-19(26)15-4-2-13(3-5-15)11-23-17(24)10-22-20(23)27/h2-9,12H,10-11H2,1H3,(H,22,27). The molecule has 28 heavy (non-hydrogen) atoms. The van der Waals surface area contributed by atoms with Crippen LogP contribution >= 0.6 is 11.6 Å². The average Bonchev–Trinajstić information content (AvgIpc) is 3.00. The molecule has 1 unspecified atom stereocenters. The molecule has 1 fully saturated rings. The number of benzene rings is 2. The smallest absolute Gasteiger partial charge is 0.338 e. The predicted molar refractivity (Wildman–Crippen MR) is 101 cm³/mol. The minimum Gasteiger partial charge on any atom is -0.451 e. The maximum Gasteiger partial charge on any atom is 0.338 e. The van der Waals surface area contributed by atoms with Crippen LogP contribution < -0.4 is 5.32 Å². The largest absolute Gasteiger partial charge is 0.451 e. The number of esters is 1. The van der Waals surface area contributed by atoms with E-state index in [1.165, 1.54) is 19.1 Å². The van der Waals surface area contributed by atoms with E-state index in [1.807, 2.05) is 0 Å². The Bertz CT molecular complexity index is 909. The fourth-order valence-corrected chi connectivity index (χ4v) is 2.80. The van der Waals surface area contributed by atoms with Crippen molar-refractivity contribution in [2.24, 2.45) is 0 Å². The van der Waals surface area contributed by atoms with Gasteiger partial charge >= 0.3 is 12.0 Å². The summed E-state index contributed by atoms with van der Waals surface area (Å²) >= 11 is 5.80. The molecule has 3 amide bonds. The van der Waals surface area contributed by atoms with Crippen LogP contribution in [-0.2, 0) is 16.1 Å². The van der Waals surface area contributed by atoms with E-state index in [0.717, 1.165) is 4.90 Å². The van der Waals surface area contributed by atoms with Crippen molar-refractivity contribution in [2.75, 3.05) is 6.54 Å². The quantitative estimate of drug-likeness (QED) is 0.457. The van der Waals surface area contributed by atoms with Gasteiger partial charge in [0.2, 0.25) is 11.7 Å². The summed E-state index contributed by atoms with van der Waals surface area (Å²) in [7, 11) is 0. The Hall–Kier alpha value is -3.19. The van der Waals surface area contributed by atoms with Gasteiger partial charge in [-0.3, -0.25) is 14.5 Å². The number of amides is 3. The summed E-state index contributed by atoms with van der Waals surface area (Å²) in [5.74, 6) is -1.28. The number of hydrogen-bond donors (Lipinski definition) is 1. The van der Waals surface area contributed by atoms with Crippen LogP contribution in [0.5, 0.6) is 0 Å². The van der Waals surface area contributed by atoms with Crippen LogP contribution in [0.4, 0.5) is 4.79 Å². The van der Waals surface area contributed by atoms with Crippen molar-refractivity contribution in [3.8, 4) is 0 Å². The lowest BCUT2D eigenvalue weighted by Crippen LogP contribution is -2.30. The molecule has 1 aliphatic heterocycles. The van der Waals surface area contributed by atoms with Crippen molar-refractivity contribution in [1.82, 2.24) is 10.2 Å². The van der Waals surface area contributed by atoms with Crippen LogP contribution in [0.15, 0.2) is 48.5 Å². The lowest BCUT2D eigenvalue weighted by Gasteiger charge is -2.14. The lowest BCUT2D eigenvalue weighted by molar-refractivity contribution is -0.125. The van der Waals surface area contributed by atoms with Crippen molar-refractivity contribution in [3.05, 3.63) is 70.2 Å². The lowest BCUT2D eigenvalue weighted by atomic mass is 10.1. The van der Waals surface area contributed by atoms with E-state index in [0.29, 0.717) is 16.1 Å². The van der Waals surface area contributed by atoms with Gasteiger partial charge in [-0.05, 0) is 48.9 Å². The summed E-state index contributed by atoms with van der Waals surface area (Å²) in [6, 6.07) is 12.2. The van der Waals surface area contributed by atoms with Crippen molar-refractivity contribution >= 4 is 35.3 Å². The van der Waals surface area contributed by atoms with Gasteiger partial charge in [0.05, 0.1) is 18.7 Å². The minimum absolute atomic E-state index is 0.0111. The van der Waals surface area contributed by atoms with E-state index in [9.17, 15) is 19.2 Å². The topological polar surface area (TPSA) is 92.8 Å². The first-order chi connectivity index (χ1) is 13.3. The first-order valence-electron chi connectivity index (χ1n) is 8.53. The summed E-state index contributed by atoms with van der Waals surface area (Å²) in [4.78, 5) is 48.9. The fraction of sp³-hybridized carbons (Fsp3) is 0.200. The Morgan fingerprint density at radius 2 is 1.68 bits per heavy atom. The van der Waals surface area contributed by atoms with Crippen LogP contribution in [0, 0.1) is 0 Å². The molecule has 0 spiro atoms. The number of rotatable bonds is 6. The van der Waals surface area contributed by atoms with Crippen LogP contribution in [0.1, 0.15) is 33.2 Å². The van der Waals surface area contributed by atoms with Crippen molar-refractivity contribution < 1.29 is 23.9 Å². The Labute approximate surface area is 166 Å². The summed E-state index contributed by atoms with van der Waals surface area (Å²) in [6.07, 6.45) is -0.959. The normalized spacial score (nSPS) is 14.6. The second-order valence-corrected chi connectivity index (χ2v) is 6.69. The van der Waals surface area contributed by atoms with Gasteiger partial charge in [-0.15, -0.1) is 0 Å². The number of imide groups is 1. The third kappa shape index (κ3) is 4.37. The Morgan fingerprint density at radius 1 is 1.07 bits per heavy atom. The molecule has 1 N–H and O–H groups in total. The van der Waals surface area contributed by atoms with E-state index in [2.05, 4.69) is 5.32 Å². The summed E-state index contributed by atoms with van der Waals surface area (Å²) < 4.78 is 5.24. The highest BCUT2D eigenvalue weighted by molar-refractivity contribution is 6.30. The van der Waals surface area contributed by atoms with Crippen molar-refractivity contribution in [1.29, 1.82) is 0 Å². The SMILES string of the molecule is CC(OC(=O)c1ccc(CN2C(=O)CNC2=O)cc1)C(=O)c1ccc(Cl)cc1. The molecule has 8 heteroatoms. The molecule has 0 aromatic heterocycles. The molecule has 0 bridgehead atoms. The highest BCUT2D eigenvalue weighted by Crippen LogP contribution is 2.15. The first-order valence-corrected chi connectivity index (χ1v) is 8.91. The number of halogens is 1. The van der Waals surface area contributed by atoms with Gasteiger partial charge in [-0.2, -0.15) is 0 Å². The number of urea groups is 1. The maximum absolute atomic E-state index is 12.3. The third-order valence-electron chi connectivity index (χ3n) is 4.25. The molecule has 0 saturated carbocycles. The fourth-order valence-electron chi connectivity index (χ4n) is 2.68. The molecule has 1 saturated heterocycles. The first kappa shape index (κ1) is 19.6. The number of ether oxygens (including phenoxy) is 1. The molecule has 2 aromatic carbocycles. The van der Waals surface area contributed by atoms with Gasteiger partial charge in [0.1, 0.15) is 0 Å². The van der Waals surface area contributed by atoms with Crippen LogP contribution in [0.3, 0.4) is 0 Å². The van der Waals surface area contributed by atoms with Crippen molar-refractivity contribution in [3.63, 3.8) is 0 Å². The zero-order chi connectivity index (χ0) is 20.3. The van der Waals surface area contributed by atoms with Gasteiger partial charge in [0.15, 0.2) is 6.10 Å². The second kappa shape index (κ2) is 8.22. The molecular formula is C20H17ClN2O5. The Balaban J connectivity index is 1.61. The van der Waals surface area contributed by atoms with E-state index >= 15 is 0 Å². The van der Waals surface area contributed by atoms with Crippen LogP contribution in [-0.4, -0.2) is 41.2 Å². The van der Waals surface area contributed by atoms with Gasteiger partial charge in [0.25, 0.3) is 0 Å². The van der Waals surface area contributed by atoms with Crippen LogP contribution in [0.2, 0.25) is 5.02 Å². The van der Waals surface area contributed by atoms with E-state index in [4.69, 9.17) is 16.3 Å². The Morgan fingerprint density at radius 3 is 2.25 bits per heavy atom. The van der Waals surface area contributed by atoms with Gasteiger partial charge in [0, 0.05) is 10.6 Å². The van der Waals surface area contributed by atoms with E-state index < -0.39 is 18.1 Å². The maximum atomic E-state index is 12.3. The number of hydrogen-bond acceptors (Lipinski definition) is 5. The van der Waals surface area contributed by atoms with Gasteiger partial charge in [-0.1, -0.05) is 23.7 Å². The Kier molecular flexibility index (Phi) is 5.75. The number of nitrogens with one attached hydrogen (secondary N) is 1. The molecule has 144 valence electrons. The molecule has 0 aliphatic carbocycles. The molecule has 1 atom stereocenters. The van der Waals surface area contributed by atoms with Crippen molar-refractivity contribution in [2.45, 2.75) is 19.6 Å². The predicted octanol–water partition coefficient (Wildman–Crippen LogP) is 2.82. The monoisotopic (exact) mass is 400 g/mol. The molecule has 1 aliphatic rings. The summed E-state index contributed by atoms with van der Waals surface area (Å²) in [5, 5.41) is 2.95. The van der Waals surface area contributed by atoms with Crippen LogP contribution in [0.25, 0.3) is 0 Å². The van der Waals surface area contributed by atoms with Gasteiger partial charge in [-0.25, -0.2) is 9.59 Å². The van der Waals surface area contributed by atoms with Gasteiger partial charge < -0.3 is 10.1 Å². The minimum atomic E-state index is -0.959. The molecule has 2 aromatic rings. The van der Waals surface area contributed by atoms with E-state index in [-0.39, 0.29) is 30.3 Å². The summed E-state index contributed by atoms with van der Waals surface area (Å²) in [5.41, 5.74) is 1.34. The number of Topliss-reactive ketones (excluding diaryl/α,β-unsaturated/α-hetero) is 1. The number of carbonyl (C=O) groups excluding carboxylic acids is 4. The molecule has 1 heterocycles.